The van der Waals surface area contributed by atoms with Crippen molar-refractivity contribution in [1.82, 2.24) is 4.98 Å². The maximum atomic E-state index is 4.91. The van der Waals surface area contributed by atoms with Crippen LogP contribution in [0.2, 0.25) is 0 Å². The molecule has 2 heteroatoms. The molecule has 0 saturated carbocycles. The third-order valence-corrected chi connectivity index (χ3v) is 11.8. The lowest BCUT2D eigenvalue weighted by atomic mass is 9.71. The Kier molecular flexibility index (Phi) is 5.25. The minimum absolute atomic E-state index is 0.126. The number of aromatic nitrogens is 1. The molecule has 3 aliphatic rings. The third kappa shape index (κ3) is 3.58. The average molecular weight is 626 g/mol. The van der Waals surface area contributed by atoms with Crippen molar-refractivity contribution in [1.29, 1.82) is 0 Å². The van der Waals surface area contributed by atoms with Gasteiger partial charge >= 0.3 is 0 Å². The van der Waals surface area contributed by atoms with Crippen LogP contribution < -0.4 is 0 Å². The lowest BCUT2D eigenvalue weighted by Gasteiger charge is -2.31. The van der Waals surface area contributed by atoms with Crippen molar-refractivity contribution in [2.75, 3.05) is 0 Å². The smallest absolute Gasteiger partial charge is 0.0786 e. The molecule has 1 nitrogen and oxygen atoms in total. The van der Waals surface area contributed by atoms with E-state index >= 15 is 0 Å². The first-order valence-corrected chi connectivity index (χ1v) is 17.3. The zero-order valence-electron chi connectivity index (χ0n) is 25.9. The van der Waals surface area contributed by atoms with Gasteiger partial charge in [-0.1, -0.05) is 127 Å². The van der Waals surface area contributed by atoms with Gasteiger partial charge in [-0.15, -0.1) is 11.3 Å². The first-order valence-electron chi connectivity index (χ1n) is 16.5. The van der Waals surface area contributed by atoms with Gasteiger partial charge in [-0.05, 0) is 91.4 Å². The monoisotopic (exact) mass is 625 g/mol. The van der Waals surface area contributed by atoms with Crippen LogP contribution in [0.4, 0.5) is 0 Å². The van der Waals surface area contributed by atoms with Crippen molar-refractivity contribution < 1.29 is 0 Å². The fourth-order valence-corrected chi connectivity index (χ4v) is 9.56. The normalized spacial score (nSPS) is 17.5. The van der Waals surface area contributed by atoms with Crippen LogP contribution in [0.25, 0.3) is 75.8 Å². The van der Waals surface area contributed by atoms with Crippen molar-refractivity contribution in [3.05, 3.63) is 186 Å². The SMILES string of the molecule is C1=CC(c2cc(-c3ccnc4c3ccc3ccccc34)cc(-c3cccc4c3sc3ccccc34)c2)=C2C=Cc3ccccc3C23C=C13. The molecule has 0 radical (unpaired) electrons. The Balaban J connectivity index is 1.20. The zero-order valence-corrected chi connectivity index (χ0v) is 26.8. The van der Waals surface area contributed by atoms with Gasteiger partial charge in [0.25, 0.3) is 0 Å². The quantitative estimate of drug-likeness (QED) is 0.178. The summed E-state index contributed by atoms with van der Waals surface area (Å²) in [5.74, 6) is 0. The van der Waals surface area contributed by atoms with Gasteiger partial charge in [0.1, 0.15) is 0 Å². The van der Waals surface area contributed by atoms with Gasteiger partial charge in [0.05, 0.1) is 10.9 Å². The Bertz CT molecular complexity index is 2840. The highest BCUT2D eigenvalue weighted by Crippen LogP contribution is 2.60. The molecule has 1 spiro atoms. The Hall–Kier alpha value is -5.83. The zero-order chi connectivity index (χ0) is 31.4. The number of pyridine rings is 1. The number of allylic oxidation sites excluding steroid dienone is 7. The molecular weight excluding hydrogens is 599 g/mol. The van der Waals surface area contributed by atoms with E-state index in [1.54, 1.807) is 0 Å². The highest BCUT2D eigenvalue weighted by Gasteiger charge is 2.51. The molecule has 0 amide bonds. The molecule has 48 heavy (non-hydrogen) atoms. The van der Waals surface area contributed by atoms with Crippen LogP contribution in [0.5, 0.6) is 0 Å². The van der Waals surface area contributed by atoms with Crippen molar-refractivity contribution in [2.45, 2.75) is 5.41 Å². The Labute approximate surface area is 282 Å². The molecule has 2 heterocycles. The summed E-state index contributed by atoms with van der Waals surface area (Å²) in [5.41, 5.74) is 13.8. The van der Waals surface area contributed by atoms with Crippen molar-refractivity contribution in [3.63, 3.8) is 0 Å². The molecule has 3 aliphatic carbocycles. The van der Waals surface area contributed by atoms with Gasteiger partial charge in [0.2, 0.25) is 0 Å². The van der Waals surface area contributed by atoms with Gasteiger partial charge in [-0.3, -0.25) is 4.98 Å². The summed E-state index contributed by atoms with van der Waals surface area (Å²) in [5, 5.41) is 6.21. The highest BCUT2D eigenvalue weighted by atomic mass is 32.1. The van der Waals surface area contributed by atoms with Crippen LogP contribution >= 0.6 is 11.3 Å². The van der Waals surface area contributed by atoms with Gasteiger partial charge in [-0.2, -0.15) is 0 Å². The van der Waals surface area contributed by atoms with Gasteiger partial charge in [0, 0.05) is 37.1 Å². The lowest BCUT2D eigenvalue weighted by molar-refractivity contribution is 0.894. The second-order valence-electron chi connectivity index (χ2n) is 13.1. The van der Waals surface area contributed by atoms with Gasteiger partial charge in [-0.25, -0.2) is 0 Å². The van der Waals surface area contributed by atoms with E-state index in [9.17, 15) is 0 Å². The van der Waals surface area contributed by atoms with Gasteiger partial charge in [0.15, 0.2) is 0 Å². The number of benzene rings is 6. The van der Waals surface area contributed by atoms with Crippen LogP contribution in [0.15, 0.2) is 169 Å². The van der Waals surface area contributed by atoms with E-state index in [2.05, 4.69) is 158 Å². The third-order valence-electron chi connectivity index (χ3n) is 10.6. The predicted molar refractivity (Wildman–Crippen MR) is 204 cm³/mol. The fourth-order valence-electron chi connectivity index (χ4n) is 8.32. The summed E-state index contributed by atoms with van der Waals surface area (Å²) < 4.78 is 2.65. The van der Waals surface area contributed by atoms with Crippen molar-refractivity contribution >= 4 is 64.8 Å². The van der Waals surface area contributed by atoms with E-state index in [1.165, 1.54) is 92.0 Å². The van der Waals surface area contributed by atoms with Crippen LogP contribution in [0, 0.1) is 0 Å². The molecule has 8 aromatic rings. The number of rotatable bonds is 3. The summed E-state index contributed by atoms with van der Waals surface area (Å²) in [6, 6.07) is 46.9. The second-order valence-corrected chi connectivity index (χ2v) is 14.2. The van der Waals surface area contributed by atoms with Gasteiger partial charge < -0.3 is 0 Å². The maximum Gasteiger partial charge on any atom is 0.0786 e. The molecule has 0 N–H and O–H groups in total. The summed E-state index contributed by atoms with van der Waals surface area (Å²) >= 11 is 1.89. The summed E-state index contributed by atoms with van der Waals surface area (Å²) in [6.45, 7) is 0. The molecule has 11 rings (SSSR count). The first kappa shape index (κ1) is 26.3. The van der Waals surface area contributed by atoms with Crippen molar-refractivity contribution in [3.8, 4) is 22.3 Å². The number of thiophene rings is 1. The number of hydrogen-bond acceptors (Lipinski definition) is 2. The molecule has 6 aromatic carbocycles. The fraction of sp³-hybridized carbons (Fsp3) is 0.0217. The lowest BCUT2D eigenvalue weighted by Crippen LogP contribution is -2.21. The van der Waals surface area contributed by atoms with E-state index < -0.39 is 0 Å². The summed E-state index contributed by atoms with van der Waals surface area (Å²) in [4.78, 5) is 4.91. The van der Waals surface area contributed by atoms with E-state index in [0.717, 1.165) is 5.52 Å². The Morgan fingerprint density at radius 2 is 1.33 bits per heavy atom. The average Bonchev–Trinajstić information content (AvgIpc) is 3.77. The van der Waals surface area contributed by atoms with E-state index in [-0.39, 0.29) is 5.41 Å². The maximum absolute atomic E-state index is 4.91. The van der Waals surface area contributed by atoms with Crippen LogP contribution in [-0.2, 0) is 5.41 Å². The summed E-state index contributed by atoms with van der Waals surface area (Å²) in [7, 11) is 0. The number of hydrogen-bond donors (Lipinski definition) is 0. The standard InChI is InChI=1S/C46H27NS/c1-3-10-36-28(8-1)16-19-39-34(22-23-47-44(36)39)30-24-31(35-20-18-33-27-46(33)41-14-5-2-9-29(41)17-21-42(35)46)26-32(25-30)37-12-7-13-40-38-11-4-6-15-43(38)48-45(37)40/h1-27H. The molecule has 0 aliphatic heterocycles. The minimum atomic E-state index is -0.126. The van der Waals surface area contributed by atoms with E-state index in [1.807, 2.05) is 17.5 Å². The highest BCUT2D eigenvalue weighted by molar-refractivity contribution is 7.26. The van der Waals surface area contributed by atoms with Crippen LogP contribution in [-0.4, -0.2) is 4.98 Å². The van der Waals surface area contributed by atoms with E-state index in [0.29, 0.717) is 0 Å². The molecule has 222 valence electrons. The molecule has 2 aromatic heterocycles. The van der Waals surface area contributed by atoms with E-state index in [4.69, 9.17) is 4.98 Å². The molecule has 1 unspecified atom stereocenters. The Morgan fingerprint density at radius 1 is 0.542 bits per heavy atom. The number of fused-ring (bicyclic) bond motifs is 7. The molecule has 0 fully saturated rings. The number of nitrogens with zero attached hydrogens (tertiary/aromatic N) is 1. The van der Waals surface area contributed by atoms with Crippen LogP contribution in [0.3, 0.4) is 0 Å². The largest absolute Gasteiger partial charge is 0.256 e. The topological polar surface area (TPSA) is 12.9 Å². The molecule has 0 saturated heterocycles. The molecule has 1 atom stereocenters. The second kappa shape index (κ2) is 9.60. The molecule has 0 bridgehead atoms. The predicted octanol–water partition coefficient (Wildman–Crippen LogP) is 12.3. The minimum Gasteiger partial charge on any atom is -0.256 e. The van der Waals surface area contributed by atoms with Crippen molar-refractivity contribution in [2.24, 2.45) is 0 Å². The first-order chi connectivity index (χ1) is 23.8. The summed E-state index contributed by atoms with van der Waals surface area (Å²) in [6.07, 6.45) is 13.7. The Morgan fingerprint density at radius 3 is 2.29 bits per heavy atom. The molecular formula is C46H27NS. The van der Waals surface area contributed by atoms with Crippen LogP contribution in [0.1, 0.15) is 16.7 Å².